The molecule has 0 aliphatic rings. The van der Waals surface area contributed by atoms with Gasteiger partial charge in [0.2, 0.25) is 0 Å². The minimum atomic E-state index is -0.328. The van der Waals surface area contributed by atoms with Crippen molar-refractivity contribution in [2.24, 2.45) is 0 Å². The molecule has 0 aliphatic carbocycles. The van der Waals surface area contributed by atoms with Gasteiger partial charge in [-0.05, 0) is 50.6 Å². The first kappa shape index (κ1) is 20.8. The number of nitrogens with one attached hydrogen (secondary N) is 2. The Morgan fingerprint density at radius 3 is 2.83 bits per heavy atom. The van der Waals surface area contributed by atoms with Crippen LogP contribution < -0.4 is 10.6 Å². The molecular formula is C21H23N3O4S. The number of rotatable bonds is 9. The zero-order valence-corrected chi connectivity index (χ0v) is 17.2. The minimum Gasteiger partial charge on any atom is -0.462 e. The van der Waals surface area contributed by atoms with Gasteiger partial charge < -0.3 is 19.8 Å². The van der Waals surface area contributed by atoms with Gasteiger partial charge in [-0.3, -0.25) is 9.59 Å². The van der Waals surface area contributed by atoms with Crippen LogP contribution in [0, 0.1) is 6.92 Å². The van der Waals surface area contributed by atoms with Gasteiger partial charge in [-0.1, -0.05) is 6.07 Å². The Morgan fingerprint density at radius 1 is 1.21 bits per heavy atom. The van der Waals surface area contributed by atoms with E-state index in [1.165, 1.54) is 11.3 Å². The number of hydrogen-bond donors (Lipinski definition) is 2. The summed E-state index contributed by atoms with van der Waals surface area (Å²) in [6.45, 7) is 5.58. The van der Waals surface area contributed by atoms with E-state index in [1.807, 2.05) is 13.8 Å². The Hall–Kier alpha value is -2.97. The first-order valence-electron chi connectivity index (χ1n) is 9.37. The zero-order valence-electron chi connectivity index (χ0n) is 16.4. The molecule has 0 atom stereocenters. The van der Waals surface area contributed by atoms with Gasteiger partial charge in [0.1, 0.15) is 5.69 Å². The Morgan fingerprint density at radius 2 is 2.07 bits per heavy atom. The summed E-state index contributed by atoms with van der Waals surface area (Å²) in [5, 5.41) is 6.31. The predicted molar refractivity (Wildman–Crippen MR) is 112 cm³/mol. The number of anilines is 1. The Balaban J connectivity index is 1.63. The third-order valence-electron chi connectivity index (χ3n) is 4.08. The number of thiazole rings is 1. The van der Waals surface area contributed by atoms with Gasteiger partial charge >= 0.3 is 0 Å². The molecule has 2 aromatic heterocycles. The van der Waals surface area contributed by atoms with Crippen LogP contribution in [0.3, 0.4) is 0 Å². The van der Waals surface area contributed by atoms with Crippen molar-refractivity contribution < 1.29 is 18.7 Å². The fourth-order valence-electron chi connectivity index (χ4n) is 2.66. The van der Waals surface area contributed by atoms with Crippen molar-refractivity contribution in [1.82, 2.24) is 10.3 Å². The number of furan rings is 1. The molecule has 29 heavy (non-hydrogen) atoms. The van der Waals surface area contributed by atoms with Crippen molar-refractivity contribution in [3.8, 4) is 10.8 Å². The summed E-state index contributed by atoms with van der Waals surface area (Å²) in [4.78, 5) is 30.1. The van der Waals surface area contributed by atoms with Crippen molar-refractivity contribution in [3.05, 3.63) is 58.8 Å². The van der Waals surface area contributed by atoms with E-state index < -0.39 is 0 Å². The predicted octanol–water partition coefficient (Wildman–Crippen LogP) is 4.12. The molecule has 0 spiro atoms. The zero-order chi connectivity index (χ0) is 20.6. The van der Waals surface area contributed by atoms with Crippen LogP contribution in [0.5, 0.6) is 0 Å². The molecule has 8 heteroatoms. The lowest BCUT2D eigenvalue weighted by molar-refractivity contribution is 0.0942. The van der Waals surface area contributed by atoms with E-state index >= 15 is 0 Å². The van der Waals surface area contributed by atoms with Crippen molar-refractivity contribution in [2.75, 3.05) is 25.1 Å². The van der Waals surface area contributed by atoms with Gasteiger partial charge in [0.15, 0.2) is 10.8 Å². The number of amides is 2. The molecule has 3 rings (SSSR count). The maximum atomic E-state index is 12.7. The van der Waals surface area contributed by atoms with E-state index in [4.69, 9.17) is 9.15 Å². The summed E-state index contributed by atoms with van der Waals surface area (Å²) in [5.41, 5.74) is 1.35. The van der Waals surface area contributed by atoms with Crippen molar-refractivity contribution in [3.63, 3.8) is 0 Å². The summed E-state index contributed by atoms with van der Waals surface area (Å²) in [6, 6.07) is 10.4. The van der Waals surface area contributed by atoms with Gasteiger partial charge in [-0.2, -0.15) is 0 Å². The lowest BCUT2D eigenvalue weighted by Gasteiger charge is -2.08. The van der Waals surface area contributed by atoms with E-state index in [9.17, 15) is 9.59 Å². The monoisotopic (exact) mass is 413 g/mol. The van der Waals surface area contributed by atoms with Crippen LogP contribution in [0.1, 0.15) is 39.1 Å². The van der Waals surface area contributed by atoms with Crippen LogP contribution in [-0.4, -0.2) is 36.6 Å². The number of aryl methyl sites for hydroxylation is 1. The van der Waals surface area contributed by atoms with E-state index in [0.29, 0.717) is 47.5 Å². The molecule has 7 nitrogen and oxygen atoms in total. The van der Waals surface area contributed by atoms with Crippen LogP contribution in [0.25, 0.3) is 10.8 Å². The van der Waals surface area contributed by atoms with Crippen molar-refractivity contribution >= 4 is 28.8 Å². The van der Waals surface area contributed by atoms with E-state index in [-0.39, 0.29) is 11.8 Å². The average Bonchev–Trinajstić information content (AvgIpc) is 3.37. The van der Waals surface area contributed by atoms with E-state index in [1.54, 1.807) is 42.7 Å². The molecule has 2 heterocycles. The highest BCUT2D eigenvalue weighted by molar-refractivity contribution is 7.15. The number of carbonyl (C=O) groups excluding carboxylic acids is 2. The number of ether oxygens (including phenoxy) is 1. The first-order chi connectivity index (χ1) is 14.1. The average molecular weight is 413 g/mol. The maximum absolute atomic E-state index is 12.7. The fourth-order valence-corrected chi connectivity index (χ4v) is 3.54. The summed E-state index contributed by atoms with van der Waals surface area (Å²) >= 11 is 1.39. The topological polar surface area (TPSA) is 93.5 Å². The largest absolute Gasteiger partial charge is 0.462 e. The SMILES string of the molecule is CCOCCCNC(=O)c1cccc(NC(=O)c2nc(-c3ccco3)sc2C)c1. The highest BCUT2D eigenvalue weighted by atomic mass is 32.1. The quantitative estimate of drug-likeness (QED) is 0.515. The van der Waals surface area contributed by atoms with E-state index in [2.05, 4.69) is 15.6 Å². The van der Waals surface area contributed by atoms with Crippen LogP contribution >= 0.6 is 11.3 Å². The van der Waals surface area contributed by atoms with Crippen LogP contribution in [0.4, 0.5) is 5.69 Å². The number of nitrogens with zero attached hydrogens (tertiary/aromatic N) is 1. The van der Waals surface area contributed by atoms with E-state index in [0.717, 1.165) is 11.3 Å². The smallest absolute Gasteiger partial charge is 0.275 e. The lowest BCUT2D eigenvalue weighted by atomic mass is 10.2. The standard InChI is InChI=1S/C21H23N3O4S/c1-3-27-11-6-10-22-19(25)15-7-4-8-16(13-15)23-20(26)18-14(2)29-21(24-18)17-9-5-12-28-17/h4-5,7-9,12-13H,3,6,10-11H2,1-2H3,(H,22,25)(H,23,26). The van der Waals surface area contributed by atoms with Gasteiger partial charge in [0.05, 0.1) is 6.26 Å². The molecule has 0 radical (unpaired) electrons. The van der Waals surface area contributed by atoms with Gasteiger partial charge in [-0.25, -0.2) is 4.98 Å². The molecule has 0 saturated heterocycles. The number of hydrogen-bond acceptors (Lipinski definition) is 6. The first-order valence-corrected chi connectivity index (χ1v) is 10.2. The fraction of sp³-hybridized carbons (Fsp3) is 0.286. The number of benzene rings is 1. The summed E-state index contributed by atoms with van der Waals surface area (Å²) in [5.74, 6) is 0.105. The molecule has 0 bridgehead atoms. The second-order valence-electron chi connectivity index (χ2n) is 6.24. The van der Waals surface area contributed by atoms with Crippen LogP contribution in [-0.2, 0) is 4.74 Å². The molecule has 2 N–H and O–H groups in total. The van der Waals surface area contributed by atoms with Crippen molar-refractivity contribution in [2.45, 2.75) is 20.3 Å². The highest BCUT2D eigenvalue weighted by Crippen LogP contribution is 2.28. The molecule has 1 aromatic carbocycles. The van der Waals surface area contributed by atoms with Crippen LogP contribution in [0.15, 0.2) is 47.1 Å². The normalized spacial score (nSPS) is 10.7. The Kier molecular flexibility index (Phi) is 7.15. The molecule has 152 valence electrons. The molecule has 0 fully saturated rings. The minimum absolute atomic E-state index is 0.192. The van der Waals surface area contributed by atoms with Crippen LogP contribution in [0.2, 0.25) is 0 Å². The molecule has 0 saturated carbocycles. The summed E-state index contributed by atoms with van der Waals surface area (Å²) < 4.78 is 10.6. The Labute approximate surface area is 173 Å². The number of carbonyl (C=O) groups is 2. The molecule has 2 amide bonds. The second-order valence-corrected chi connectivity index (χ2v) is 7.45. The van der Waals surface area contributed by atoms with Gasteiger partial charge in [-0.15, -0.1) is 11.3 Å². The third-order valence-corrected chi connectivity index (χ3v) is 5.07. The number of aromatic nitrogens is 1. The van der Waals surface area contributed by atoms with Gasteiger partial charge in [0.25, 0.3) is 11.8 Å². The molecule has 0 unspecified atom stereocenters. The molecular weight excluding hydrogens is 390 g/mol. The summed E-state index contributed by atoms with van der Waals surface area (Å²) in [6.07, 6.45) is 2.32. The lowest BCUT2D eigenvalue weighted by Crippen LogP contribution is -2.25. The molecule has 3 aromatic rings. The van der Waals surface area contributed by atoms with Crippen molar-refractivity contribution in [1.29, 1.82) is 0 Å². The highest BCUT2D eigenvalue weighted by Gasteiger charge is 2.18. The summed E-state index contributed by atoms with van der Waals surface area (Å²) in [7, 11) is 0. The second kappa shape index (κ2) is 9.99. The maximum Gasteiger partial charge on any atom is 0.275 e. The van der Waals surface area contributed by atoms with Gasteiger partial charge in [0, 0.05) is 35.9 Å². The molecule has 0 aliphatic heterocycles. The third kappa shape index (κ3) is 5.52. The Bertz CT molecular complexity index is 966.